The number of carbonyl (C=O) groups excluding carboxylic acids is 1. The Hall–Kier alpha value is -1.93. The fraction of sp³-hybridized carbons (Fsp3) is 0.545. The van der Waals surface area contributed by atoms with Crippen LogP contribution in [0.2, 0.25) is 0 Å². The van der Waals surface area contributed by atoms with E-state index >= 15 is 0 Å². The van der Waals surface area contributed by atoms with Crippen molar-refractivity contribution < 1.29 is 14.6 Å². The molecule has 1 atom stereocenters. The molecule has 4 N–H and O–H groups in total. The van der Waals surface area contributed by atoms with Gasteiger partial charge in [-0.25, -0.2) is 4.79 Å². The number of carbonyl (C=O) groups is 1. The number of aromatic amines is 2. The molecule has 1 amide bonds. The molecule has 0 saturated carbocycles. The molecular formula is C11H17N3O5. The van der Waals surface area contributed by atoms with Crippen molar-refractivity contribution in [2.75, 3.05) is 20.3 Å². The highest BCUT2D eigenvalue weighted by atomic mass is 16.5. The minimum Gasteiger partial charge on any atom is -0.391 e. The highest BCUT2D eigenvalue weighted by Gasteiger charge is 2.07. The first-order valence-electron chi connectivity index (χ1n) is 5.77. The molecule has 1 aromatic rings. The van der Waals surface area contributed by atoms with Gasteiger partial charge in [0.05, 0.1) is 19.1 Å². The van der Waals surface area contributed by atoms with Crippen LogP contribution in [-0.2, 0) is 16.0 Å². The van der Waals surface area contributed by atoms with Crippen LogP contribution in [0.5, 0.6) is 0 Å². The Morgan fingerprint density at radius 2 is 2.21 bits per heavy atom. The Morgan fingerprint density at radius 3 is 2.84 bits per heavy atom. The van der Waals surface area contributed by atoms with Gasteiger partial charge in [0.25, 0.3) is 5.56 Å². The maximum absolute atomic E-state index is 11.5. The summed E-state index contributed by atoms with van der Waals surface area (Å²) in [4.78, 5) is 37.9. The van der Waals surface area contributed by atoms with Crippen molar-refractivity contribution in [2.24, 2.45) is 0 Å². The third kappa shape index (κ3) is 5.98. The van der Waals surface area contributed by atoms with Crippen LogP contribution in [0.25, 0.3) is 0 Å². The van der Waals surface area contributed by atoms with Gasteiger partial charge in [0.15, 0.2) is 0 Å². The SMILES string of the molecule is COCC(O)CCNC(=O)Cc1cc(=O)[nH]c(=O)[nH]1. The molecule has 19 heavy (non-hydrogen) atoms. The molecule has 0 radical (unpaired) electrons. The van der Waals surface area contributed by atoms with Crippen LogP contribution < -0.4 is 16.6 Å². The van der Waals surface area contributed by atoms with Gasteiger partial charge in [0.1, 0.15) is 0 Å². The standard InChI is InChI=1S/C11H17N3O5/c1-19-6-8(15)2-3-12-9(16)4-7-5-10(17)14-11(18)13-7/h5,8,15H,2-4,6H2,1H3,(H,12,16)(H2,13,14,17,18). The molecule has 106 valence electrons. The Labute approximate surface area is 108 Å². The van der Waals surface area contributed by atoms with E-state index in [1.165, 1.54) is 7.11 Å². The summed E-state index contributed by atoms with van der Waals surface area (Å²) < 4.78 is 4.74. The van der Waals surface area contributed by atoms with Crippen molar-refractivity contribution in [1.82, 2.24) is 15.3 Å². The Kier molecular flexibility index (Phi) is 5.97. The predicted octanol–water partition coefficient (Wildman–Crippen LogP) is -1.88. The summed E-state index contributed by atoms with van der Waals surface area (Å²) in [5.74, 6) is -0.342. The third-order valence-electron chi connectivity index (χ3n) is 2.33. The number of methoxy groups -OCH3 is 1. The normalized spacial score (nSPS) is 12.1. The topological polar surface area (TPSA) is 124 Å². The zero-order valence-electron chi connectivity index (χ0n) is 10.6. The van der Waals surface area contributed by atoms with Crippen molar-refractivity contribution in [3.05, 3.63) is 32.6 Å². The van der Waals surface area contributed by atoms with E-state index in [0.717, 1.165) is 6.07 Å². The average molecular weight is 271 g/mol. The predicted molar refractivity (Wildman–Crippen MR) is 66.9 cm³/mol. The molecule has 1 heterocycles. The number of amides is 1. The van der Waals surface area contributed by atoms with Gasteiger partial charge in [-0.3, -0.25) is 14.6 Å². The van der Waals surface area contributed by atoms with Crippen LogP contribution in [0.4, 0.5) is 0 Å². The Bertz CT molecular complexity index is 493. The van der Waals surface area contributed by atoms with E-state index in [0.29, 0.717) is 6.42 Å². The third-order valence-corrected chi connectivity index (χ3v) is 2.33. The molecule has 0 saturated heterocycles. The van der Waals surface area contributed by atoms with Crippen LogP contribution >= 0.6 is 0 Å². The first kappa shape index (κ1) is 15.1. The van der Waals surface area contributed by atoms with E-state index in [4.69, 9.17) is 4.74 Å². The van der Waals surface area contributed by atoms with E-state index in [1.807, 2.05) is 4.98 Å². The van der Waals surface area contributed by atoms with Gasteiger partial charge in [-0.05, 0) is 6.42 Å². The van der Waals surface area contributed by atoms with Crippen molar-refractivity contribution in [3.63, 3.8) is 0 Å². The van der Waals surface area contributed by atoms with E-state index in [-0.39, 0.29) is 31.2 Å². The van der Waals surface area contributed by atoms with Crippen molar-refractivity contribution >= 4 is 5.91 Å². The van der Waals surface area contributed by atoms with Crippen molar-refractivity contribution in [1.29, 1.82) is 0 Å². The molecule has 0 aliphatic heterocycles. The lowest BCUT2D eigenvalue weighted by molar-refractivity contribution is -0.120. The molecule has 8 nitrogen and oxygen atoms in total. The van der Waals surface area contributed by atoms with Crippen LogP contribution in [0.15, 0.2) is 15.7 Å². The van der Waals surface area contributed by atoms with Crippen molar-refractivity contribution in [3.8, 4) is 0 Å². The second-order valence-electron chi connectivity index (χ2n) is 4.04. The quantitative estimate of drug-likeness (QED) is 0.462. The average Bonchev–Trinajstić information content (AvgIpc) is 2.27. The zero-order valence-corrected chi connectivity index (χ0v) is 10.6. The molecular weight excluding hydrogens is 254 g/mol. The second kappa shape index (κ2) is 7.49. The molecule has 0 aliphatic carbocycles. The smallest absolute Gasteiger partial charge is 0.325 e. The fourth-order valence-electron chi connectivity index (χ4n) is 1.50. The van der Waals surface area contributed by atoms with Crippen molar-refractivity contribution in [2.45, 2.75) is 18.9 Å². The number of nitrogens with one attached hydrogen (secondary N) is 3. The highest BCUT2D eigenvalue weighted by Crippen LogP contribution is 1.92. The monoisotopic (exact) mass is 271 g/mol. The maximum atomic E-state index is 11.5. The zero-order chi connectivity index (χ0) is 14.3. The Balaban J connectivity index is 2.39. The minimum atomic E-state index is -0.647. The molecule has 0 spiro atoms. The number of ether oxygens (including phenoxy) is 1. The minimum absolute atomic E-state index is 0.0977. The number of hydrogen-bond donors (Lipinski definition) is 4. The van der Waals surface area contributed by atoms with Crippen LogP contribution in [0, 0.1) is 0 Å². The molecule has 1 rings (SSSR count). The van der Waals surface area contributed by atoms with E-state index < -0.39 is 17.4 Å². The molecule has 1 aromatic heterocycles. The van der Waals surface area contributed by atoms with Gasteiger partial charge in [0, 0.05) is 25.4 Å². The molecule has 0 bridgehead atoms. The van der Waals surface area contributed by atoms with Gasteiger partial charge >= 0.3 is 5.69 Å². The summed E-state index contributed by atoms with van der Waals surface area (Å²) in [6, 6.07) is 1.15. The first-order valence-corrected chi connectivity index (χ1v) is 5.77. The second-order valence-corrected chi connectivity index (χ2v) is 4.04. The molecule has 0 fully saturated rings. The number of aliphatic hydroxyl groups is 1. The van der Waals surface area contributed by atoms with Crippen LogP contribution in [0.3, 0.4) is 0 Å². The first-order chi connectivity index (χ1) is 9.01. The molecule has 0 aliphatic rings. The summed E-state index contributed by atoms with van der Waals surface area (Å²) in [5.41, 5.74) is -0.962. The number of aliphatic hydroxyl groups excluding tert-OH is 1. The maximum Gasteiger partial charge on any atom is 0.325 e. The lowest BCUT2D eigenvalue weighted by Crippen LogP contribution is -2.31. The van der Waals surface area contributed by atoms with E-state index in [9.17, 15) is 19.5 Å². The van der Waals surface area contributed by atoms with E-state index in [1.54, 1.807) is 0 Å². The van der Waals surface area contributed by atoms with Gasteiger partial charge < -0.3 is 20.1 Å². The number of aromatic nitrogens is 2. The summed E-state index contributed by atoms with van der Waals surface area (Å²) >= 11 is 0. The summed E-state index contributed by atoms with van der Waals surface area (Å²) in [7, 11) is 1.48. The van der Waals surface area contributed by atoms with Gasteiger partial charge in [-0.2, -0.15) is 0 Å². The van der Waals surface area contributed by atoms with Gasteiger partial charge in [0.2, 0.25) is 5.91 Å². The molecule has 1 unspecified atom stereocenters. The summed E-state index contributed by atoms with van der Waals surface area (Å²) in [6.07, 6.45) is -0.366. The summed E-state index contributed by atoms with van der Waals surface area (Å²) in [5, 5.41) is 11.9. The lowest BCUT2D eigenvalue weighted by Gasteiger charge is -2.09. The molecule has 0 aromatic carbocycles. The van der Waals surface area contributed by atoms with E-state index in [2.05, 4.69) is 10.3 Å². The number of H-pyrrole nitrogens is 2. The molecule has 8 heteroatoms. The Morgan fingerprint density at radius 1 is 1.47 bits per heavy atom. The van der Waals surface area contributed by atoms with Gasteiger partial charge in [-0.1, -0.05) is 0 Å². The number of rotatable bonds is 7. The number of hydrogen-bond acceptors (Lipinski definition) is 5. The van der Waals surface area contributed by atoms with Crippen LogP contribution in [0.1, 0.15) is 12.1 Å². The summed E-state index contributed by atoms with van der Waals surface area (Å²) in [6.45, 7) is 0.494. The highest BCUT2D eigenvalue weighted by molar-refractivity contribution is 5.77. The van der Waals surface area contributed by atoms with Gasteiger partial charge in [-0.15, -0.1) is 0 Å². The largest absolute Gasteiger partial charge is 0.391 e. The fourth-order valence-corrected chi connectivity index (χ4v) is 1.50. The van der Waals surface area contributed by atoms with Crippen LogP contribution in [-0.4, -0.2) is 47.3 Å². The lowest BCUT2D eigenvalue weighted by atomic mass is 10.2.